The van der Waals surface area contributed by atoms with Crippen LogP contribution < -0.4 is 0 Å². The van der Waals surface area contributed by atoms with E-state index in [2.05, 4.69) is 0 Å². The first-order chi connectivity index (χ1) is 4.97. The molecule has 0 aliphatic carbocycles. The van der Waals surface area contributed by atoms with Crippen LogP contribution in [-0.4, -0.2) is 15.9 Å². The highest BCUT2D eigenvalue weighted by molar-refractivity contribution is 6.20. The molecule has 0 spiro atoms. The number of rotatable bonds is 1. The van der Waals surface area contributed by atoms with Crippen LogP contribution in [-0.2, 0) is 7.58 Å². The molecule has 0 radical (unpaired) electrons. The second-order valence-corrected chi connectivity index (χ2v) is 3.10. The van der Waals surface area contributed by atoms with E-state index in [4.69, 9.17) is 7.58 Å². The minimum Gasteiger partial charge on any atom is -0.456 e. The van der Waals surface area contributed by atoms with Crippen LogP contribution in [0.25, 0.3) is 0 Å². The van der Waals surface area contributed by atoms with Crippen LogP contribution >= 0.6 is 0 Å². The van der Waals surface area contributed by atoms with E-state index in [0.29, 0.717) is 0 Å². The van der Waals surface area contributed by atoms with Crippen molar-refractivity contribution < 1.29 is 7.58 Å². The molecule has 2 rings (SSSR count). The van der Waals surface area contributed by atoms with E-state index in [0.717, 1.165) is 5.56 Å². The van der Waals surface area contributed by atoms with Crippen LogP contribution in [0.4, 0.5) is 0 Å². The van der Waals surface area contributed by atoms with Crippen LogP contribution in [0, 0.1) is 0 Å². The molecule has 50 valence electrons. The summed E-state index contributed by atoms with van der Waals surface area (Å²) in [5, 5.41) is 0. The first-order valence-electron chi connectivity index (χ1n) is 3.25. The Hall–Kier alpha value is -0.328. The Labute approximate surface area is 66.1 Å². The topological polar surface area (TPSA) is 18.5 Å². The second kappa shape index (κ2) is 2.73. The fraction of sp³-hybridized carbons (Fsp3) is 0.143. The molecule has 0 saturated carbocycles. The molecule has 1 heterocycles. The van der Waals surface area contributed by atoms with Crippen molar-refractivity contribution in [1.29, 1.82) is 0 Å². The first kappa shape index (κ1) is 6.39. The van der Waals surface area contributed by atoms with Crippen molar-refractivity contribution in [2.45, 2.75) is 6.29 Å². The Morgan fingerprint density at radius 1 is 1.10 bits per heavy atom. The summed E-state index contributed by atoms with van der Waals surface area (Å²) in [7, 11) is 0. The number of benzene rings is 1. The molecule has 1 saturated heterocycles. The van der Waals surface area contributed by atoms with Crippen LogP contribution in [0.2, 0.25) is 0 Å². The van der Waals surface area contributed by atoms with Gasteiger partial charge >= 0.3 is 15.9 Å². The van der Waals surface area contributed by atoms with Crippen molar-refractivity contribution in [3.63, 3.8) is 0 Å². The lowest BCUT2D eigenvalue weighted by atomic mass is 10.2. The zero-order chi connectivity index (χ0) is 6.81. The molecule has 0 unspecified atom stereocenters. The molecule has 0 bridgehead atoms. The molecule has 1 aliphatic heterocycles. The zero-order valence-corrected chi connectivity index (χ0v) is 6.90. The molecule has 1 aliphatic rings. The van der Waals surface area contributed by atoms with E-state index in [-0.39, 0.29) is 6.29 Å². The number of hydrogen-bond donors (Lipinski definition) is 0. The lowest BCUT2D eigenvalue weighted by Gasteiger charge is -2.27. The number of hydrogen-bond acceptors (Lipinski definition) is 2. The van der Waals surface area contributed by atoms with Crippen molar-refractivity contribution in [1.82, 2.24) is 0 Å². The Kier molecular flexibility index (Phi) is 1.74. The Balaban J connectivity index is 2.18. The predicted molar refractivity (Wildman–Crippen MR) is 38.5 cm³/mol. The predicted octanol–water partition coefficient (Wildman–Crippen LogP) is 0.998. The quantitative estimate of drug-likeness (QED) is 0.556. The fourth-order valence-electron chi connectivity index (χ4n) is 0.939. The molecule has 10 heavy (non-hydrogen) atoms. The molecule has 0 aromatic heterocycles. The maximum absolute atomic E-state index is 5.23. The summed E-state index contributed by atoms with van der Waals surface area (Å²) in [6.45, 7) is 0. The summed E-state index contributed by atoms with van der Waals surface area (Å²) in [6.07, 6.45) is -0.0483. The lowest BCUT2D eigenvalue weighted by Crippen LogP contribution is -2.25. The third kappa shape index (κ3) is 1.09. The molecule has 3 heteroatoms. The summed E-state index contributed by atoms with van der Waals surface area (Å²) in [5.41, 5.74) is 1.13. The molecular weight excluding hydrogens is 143 g/mol. The largest absolute Gasteiger partial charge is 0.653 e. The minimum absolute atomic E-state index is 0.0483. The van der Waals surface area contributed by atoms with Gasteiger partial charge in [0.2, 0.25) is 0 Å². The summed E-state index contributed by atoms with van der Waals surface area (Å²) in [6, 6.07) is 9.99. The van der Waals surface area contributed by atoms with E-state index < -0.39 is 15.9 Å². The van der Waals surface area contributed by atoms with Gasteiger partial charge in [-0.25, -0.2) is 0 Å². The standard InChI is InChI=1S/C7H6O2.Al.H/c8-7(9)6-4-2-1-3-5-6;;/h1-5,7H;;/q-2;+2;. The normalized spacial score (nSPS) is 17.6. The molecule has 1 aromatic rings. The van der Waals surface area contributed by atoms with Gasteiger partial charge in [0.25, 0.3) is 0 Å². The van der Waals surface area contributed by atoms with Gasteiger partial charge < -0.3 is 7.58 Å². The van der Waals surface area contributed by atoms with Gasteiger partial charge in [-0.15, -0.1) is 0 Å². The van der Waals surface area contributed by atoms with Gasteiger partial charge in [0.1, 0.15) is 6.29 Å². The van der Waals surface area contributed by atoms with E-state index in [1.807, 2.05) is 30.3 Å². The Morgan fingerprint density at radius 3 is 2.30 bits per heavy atom. The summed E-state index contributed by atoms with van der Waals surface area (Å²) in [4.78, 5) is 0. The highest BCUT2D eigenvalue weighted by Gasteiger charge is 2.23. The molecular formula is C7H7AlO2. The fourth-order valence-corrected chi connectivity index (χ4v) is 1.60. The van der Waals surface area contributed by atoms with Gasteiger partial charge in [-0.3, -0.25) is 0 Å². The third-order valence-corrected chi connectivity index (χ3v) is 2.39. The average Bonchev–Trinajstić information content (AvgIpc) is 1.86. The second-order valence-electron chi connectivity index (χ2n) is 2.19. The summed E-state index contributed by atoms with van der Waals surface area (Å²) >= 11 is -0.586. The molecule has 2 nitrogen and oxygen atoms in total. The van der Waals surface area contributed by atoms with E-state index in [1.165, 1.54) is 0 Å². The van der Waals surface area contributed by atoms with E-state index in [1.54, 1.807) is 0 Å². The van der Waals surface area contributed by atoms with Crippen LogP contribution in [0.1, 0.15) is 11.9 Å². The van der Waals surface area contributed by atoms with E-state index in [9.17, 15) is 0 Å². The Bertz CT molecular complexity index is 208. The van der Waals surface area contributed by atoms with Gasteiger partial charge in [-0.05, 0) is 0 Å². The van der Waals surface area contributed by atoms with E-state index >= 15 is 0 Å². The van der Waals surface area contributed by atoms with Gasteiger partial charge in [0.05, 0.1) is 0 Å². The molecule has 0 amide bonds. The monoisotopic (exact) mass is 150 g/mol. The summed E-state index contributed by atoms with van der Waals surface area (Å²) in [5.74, 6) is 0. The van der Waals surface area contributed by atoms with Gasteiger partial charge in [-0.1, -0.05) is 30.3 Å². The van der Waals surface area contributed by atoms with Crippen molar-refractivity contribution >= 4 is 15.9 Å². The maximum atomic E-state index is 5.23. The lowest BCUT2D eigenvalue weighted by molar-refractivity contribution is -0.0994. The molecule has 1 aromatic carbocycles. The van der Waals surface area contributed by atoms with Gasteiger partial charge in [0.15, 0.2) is 0 Å². The van der Waals surface area contributed by atoms with Crippen molar-refractivity contribution in [3.05, 3.63) is 35.9 Å². The molecule has 0 atom stereocenters. The van der Waals surface area contributed by atoms with Crippen molar-refractivity contribution in [3.8, 4) is 0 Å². The zero-order valence-electron chi connectivity index (χ0n) is 5.49. The first-order valence-corrected chi connectivity index (χ1v) is 4.40. The van der Waals surface area contributed by atoms with Gasteiger partial charge in [-0.2, -0.15) is 0 Å². The van der Waals surface area contributed by atoms with Crippen LogP contribution in [0.3, 0.4) is 0 Å². The molecule has 1 fully saturated rings. The van der Waals surface area contributed by atoms with Crippen molar-refractivity contribution in [2.24, 2.45) is 0 Å². The minimum atomic E-state index is -0.586. The highest BCUT2D eigenvalue weighted by Crippen LogP contribution is 2.23. The smallest absolute Gasteiger partial charge is 0.456 e. The van der Waals surface area contributed by atoms with Crippen LogP contribution in [0.5, 0.6) is 0 Å². The average molecular weight is 150 g/mol. The SMILES string of the molecule is c1ccc(C2[O][AlH][O]2)cc1. The third-order valence-electron chi connectivity index (χ3n) is 1.51. The molecule has 0 N–H and O–H groups in total. The summed E-state index contributed by atoms with van der Waals surface area (Å²) < 4.78 is 10.5. The highest BCUT2D eigenvalue weighted by atomic mass is 27.2. The van der Waals surface area contributed by atoms with Crippen molar-refractivity contribution in [2.75, 3.05) is 0 Å². The Morgan fingerprint density at radius 2 is 1.80 bits per heavy atom. The van der Waals surface area contributed by atoms with Crippen LogP contribution in [0.15, 0.2) is 30.3 Å². The maximum Gasteiger partial charge on any atom is 0.653 e. The van der Waals surface area contributed by atoms with Gasteiger partial charge in [0, 0.05) is 5.56 Å².